The van der Waals surface area contributed by atoms with E-state index in [1.54, 1.807) is 0 Å². The van der Waals surface area contributed by atoms with Crippen molar-refractivity contribution in [1.82, 2.24) is 24.5 Å². The summed E-state index contributed by atoms with van der Waals surface area (Å²) in [4.78, 5) is 20.6. The average Bonchev–Trinajstić information content (AvgIpc) is 3.52. The van der Waals surface area contributed by atoms with Gasteiger partial charge in [0.1, 0.15) is 5.65 Å². The van der Waals surface area contributed by atoms with E-state index in [0.29, 0.717) is 17.5 Å². The molecule has 0 spiro atoms. The van der Waals surface area contributed by atoms with Gasteiger partial charge in [0, 0.05) is 33.0 Å². The Morgan fingerprint density at radius 2 is 0.918 bits per heavy atom. The van der Waals surface area contributed by atoms with Crippen LogP contribution in [0.4, 0.5) is 0 Å². The van der Waals surface area contributed by atoms with E-state index in [1.807, 2.05) is 60.7 Å². The maximum Gasteiger partial charge on any atom is 0.166 e. The molecule has 3 heterocycles. The minimum atomic E-state index is 0.592. The normalized spacial score (nSPS) is 11.3. The van der Waals surface area contributed by atoms with Crippen LogP contribution in [0.25, 0.3) is 84.2 Å². The molecule has 230 valence electrons. The number of fused-ring (bicyclic) bond motifs is 3. The van der Waals surface area contributed by atoms with Crippen LogP contribution >= 0.6 is 0 Å². The number of nitrogens with zero attached hydrogens (tertiary/aromatic N) is 5. The van der Waals surface area contributed by atoms with E-state index >= 15 is 0 Å². The summed E-state index contributed by atoms with van der Waals surface area (Å²) in [5, 5.41) is 2.22. The maximum atomic E-state index is 5.27. The van der Waals surface area contributed by atoms with Crippen molar-refractivity contribution in [1.29, 1.82) is 0 Å². The molecule has 0 aliphatic rings. The zero-order chi connectivity index (χ0) is 32.6. The number of aromatic nitrogens is 5. The van der Waals surface area contributed by atoms with E-state index in [1.165, 1.54) is 0 Å². The highest BCUT2D eigenvalue weighted by molar-refractivity contribution is 6.08. The first-order chi connectivity index (χ1) is 24.3. The Morgan fingerprint density at radius 3 is 1.69 bits per heavy atom. The Kier molecular flexibility index (Phi) is 7.06. The number of rotatable bonds is 6. The molecule has 0 bridgehead atoms. The van der Waals surface area contributed by atoms with Gasteiger partial charge in [0.2, 0.25) is 0 Å². The van der Waals surface area contributed by atoms with Gasteiger partial charge in [-0.05, 0) is 47.5 Å². The van der Waals surface area contributed by atoms with Gasteiger partial charge in [0.05, 0.1) is 16.9 Å². The van der Waals surface area contributed by atoms with Crippen LogP contribution < -0.4 is 0 Å². The van der Waals surface area contributed by atoms with Crippen molar-refractivity contribution in [3.8, 4) is 62.2 Å². The van der Waals surface area contributed by atoms with E-state index in [0.717, 1.165) is 66.7 Å². The largest absolute Gasteiger partial charge is 0.293 e. The van der Waals surface area contributed by atoms with Crippen LogP contribution in [0.1, 0.15) is 0 Å². The molecule has 0 unspecified atom stereocenters. The van der Waals surface area contributed by atoms with Crippen molar-refractivity contribution < 1.29 is 0 Å². The molecule has 0 N–H and O–H groups in total. The van der Waals surface area contributed by atoms with Crippen LogP contribution in [0.5, 0.6) is 0 Å². The summed E-state index contributed by atoms with van der Waals surface area (Å²) in [6.45, 7) is 0. The number of para-hydroxylation sites is 2. The lowest BCUT2D eigenvalue weighted by Crippen LogP contribution is -2.04. The number of hydrogen-bond acceptors (Lipinski definition) is 4. The van der Waals surface area contributed by atoms with Gasteiger partial charge in [-0.2, -0.15) is 0 Å². The highest BCUT2D eigenvalue weighted by Crippen LogP contribution is 2.37. The highest BCUT2D eigenvalue weighted by atomic mass is 15.1. The molecular formula is C44H29N5. The summed E-state index contributed by atoms with van der Waals surface area (Å²) in [6, 6.07) is 60.3. The molecule has 3 aromatic heterocycles. The zero-order valence-corrected chi connectivity index (χ0v) is 26.5. The molecule has 0 aliphatic carbocycles. The first kappa shape index (κ1) is 28.5. The molecule has 0 saturated heterocycles. The number of hydrogen-bond donors (Lipinski definition) is 0. The van der Waals surface area contributed by atoms with Crippen LogP contribution in [-0.4, -0.2) is 24.5 Å². The van der Waals surface area contributed by atoms with Crippen LogP contribution in [0, 0.1) is 0 Å². The highest BCUT2D eigenvalue weighted by Gasteiger charge is 2.20. The van der Waals surface area contributed by atoms with E-state index in [2.05, 4.69) is 120 Å². The van der Waals surface area contributed by atoms with Gasteiger partial charge in [-0.1, -0.05) is 140 Å². The molecule has 0 saturated carbocycles. The van der Waals surface area contributed by atoms with E-state index in [-0.39, 0.29) is 0 Å². The summed E-state index contributed by atoms with van der Waals surface area (Å²) < 4.78 is 2.24. The topological polar surface area (TPSA) is 56.5 Å². The lowest BCUT2D eigenvalue weighted by molar-refractivity contribution is 1.06. The Morgan fingerprint density at radius 1 is 0.347 bits per heavy atom. The maximum absolute atomic E-state index is 5.27. The molecule has 0 fully saturated rings. The molecule has 9 rings (SSSR count). The van der Waals surface area contributed by atoms with Crippen molar-refractivity contribution in [2.45, 2.75) is 0 Å². The molecular weight excluding hydrogens is 599 g/mol. The molecule has 0 radical (unpaired) electrons. The Balaban J connectivity index is 1.28. The fourth-order valence-electron chi connectivity index (χ4n) is 6.52. The van der Waals surface area contributed by atoms with Crippen LogP contribution in [0.2, 0.25) is 0 Å². The molecule has 5 nitrogen and oxygen atoms in total. The lowest BCUT2D eigenvalue weighted by atomic mass is 10.0. The smallest absolute Gasteiger partial charge is 0.166 e. The van der Waals surface area contributed by atoms with Crippen LogP contribution in [-0.2, 0) is 0 Å². The minimum absolute atomic E-state index is 0.592. The molecule has 0 amide bonds. The third-order valence-corrected chi connectivity index (χ3v) is 8.87. The monoisotopic (exact) mass is 627 g/mol. The Labute approximate surface area is 283 Å². The standard InChI is InChI=1S/C44H29N5/c1-4-15-30(16-5-1)33-21-14-22-34(29-33)42-46-41(32-19-8-3-9-20-32)47-43(48-42)37-24-11-13-26-40(37)49-39-25-12-10-23-35(39)36-27-28-38(45-44(36)49)31-17-6-2-7-18-31/h1-29H. The summed E-state index contributed by atoms with van der Waals surface area (Å²) in [6.07, 6.45) is 0. The van der Waals surface area contributed by atoms with Crippen LogP contribution in [0.15, 0.2) is 176 Å². The zero-order valence-electron chi connectivity index (χ0n) is 26.5. The molecule has 5 heteroatoms. The summed E-state index contributed by atoms with van der Waals surface area (Å²) in [5.41, 5.74) is 9.86. The van der Waals surface area contributed by atoms with Gasteiger partial charge in [-0.15, -0.1) is 0 Å². The third-order valence-electron chi connectivity index (χ3n) is 8.87. The predicted octanol–water partition coefficient (Wildman–Crippen LogP) is 10.7. The minimum Gasteiger partial charge on any atom is -0.293 e. The first-order valence-corrected chi connectivity index (χ1v) is 16.3. The first-order valence-electron chi connectivity index (χ1n) is 16.3. The van der Waals surface area contributed by atoms with Crippen molar-refractivity contribution in [2.24, 2.45) is 0 Å². The SMILES string of the molecule is c1ccc(-c2cccc(-c3nc(-c4ccccc4)nc(-c4ccccc4-n4c5ccccc5c5ccc(-c6ccccc6)nc54)n3)c2)cc1. The van der Waals surface area contributed by atoms with Crippen molar-refractivity contribution in [3.63, 3.8) is 0 Å². The van der Waals surface area contributed by atoms with Gasteiger partial charge < -0.3 is 0 Å². The Bertz CT molecular complexity index is 2590. The summed E-state index contributed by atoms with van der Waals surface area (Å²) in [7, 11) is 0. The van der Waals surface area contributed by atoms with E-state index in [4.69, 9.17) is 19.9 Å². The van der Waals surface area contributed by atoms with E-state index in [9.17, 15) is 0 Å². The fraction of sp³-hybridized carbons (Fsp3) is 0. The van der Waals surface area contributed by atoms with Crippen molar-refractivity contribution in [3.05, 3.63) is 176 Å². The van der Waals surface area contributed by atoms with Crippen molar-refractivity contribution in [2.75, 3.05) is 0 Å². The fourth-order valence-corrected chi connectivity index (χ4v) is 6.52. The second-order valence-electron chi connectivity index (χ2n) is 11.9. The molecule has 0 atom stereocenters. The summed E-state index contributed by atoms with van der Waals surface area (Å²) >= 11 is 0. The predicted molar refractivity (Wildman–Crippen MR) is 199 cm³/mol. The quantitative estimate of drug-likeness (QED) is 0.184. The molecule has 49 heavy (non-hydrogen) atoms. The van der Waals surface area contributed by atoms with Gasteiger partial charge >= 0.3 is 0 Å². The van der Waals surface area contributed by atoms with Gasteiger partial charge in [0.15, 0.2) is 17.5 Å². The number of pyridine rings is 1. The van der Waals surface area contributed by atoms with Gasteiger partial charge in [-0.3, -0.25) is 4.57 Å². The van der Waals surface area contributed by atoms with Gasteiger partial charge in [-0.25, -0.2) is 19.9 Å². The number of benzene rings is 6. The molecule has 0 aliphatic heterocycles. The molecule has 9 aromatic rings. The molecule has 6 aromatic carbocycles. The van der Waals surface area contributed by atoms with E-state index < -0.39 is 0 Å². The second kappa shape index (κ2) is 12.1. The van der Waals surface area contributed by atoms with Gasteiger partial charge in [0.25, 0.3) is 0 Å². The van der Waals surface area contributed by atoms with Crippen LogP contribution in [0.3, 0.4) is 0 Å². The third kappa shape index (κ3) is 5.24. The van der Waals surface area contributed by atoms with Crippen molar-refractivity contribution >= 4 is 21.9 Å². The lowest BCUT2D eigenvalue weighted by Gasteiger charge is -2.14. The average molecular weight is 628 g/mol. The summed E-state index contributed by atoms with van der Waals surface area (Å²) in [5.74, 6) is 1.82. The second-order valence-corrected chi connectivity index (χ2v) is 11.9. The Hall–Kier alpha value is -6.72.